The molecule has 13 heavy (non-hydrogen) atoms. The molecule has 4 nitrogen and oxygen atoms in total. The van der Waals surface area contributed by atoms with Gasteiger partial charge in [-0.2, -0.15) is 0 Å². The van der Waals surface area contributed by atoms with Crippen LogP contribution in [-0.4, -0.2) is 11.8 Å². The van der Waals surface area contributed by atoms with Crippen LogP contribution in [-0.2, 0) is 4.79 Å². The first kappa shape index (κ1) is 14.0. The summed E-state index contributed by atoms with van der Waals surface area (Å²) in [4.78, 5) is 19.9. The lowest BCUT2D eigenvalue weighted by Crippen LogP contribution is -2.18. The zero-order valence-electron chi connectivity index (χ0n) is 8.09. The van der Waals surface area contributed by atoms with Crippen molar-refractivity contribution in [2.24, 2.45) is 11.5 Å². The Morgan fingerprint density at radius 3 is 1.62 bits per heavy atom. The number of urea groups is 1. The van der Waals surface area contributed by atoms with Gasteiger partial charge in [0.15, 0.2) is 5.78 Å². The normalized spacial score (nSPS) is 7.85. The van der Waals surface area contributed by atoms with E-state index in [1.54, 1.807) is 6.92 Å². The minimum atomic E-state index is -0.833. The van der Waals surface area contributed by atoms with E-state index in [4.69, 9.17) is 4.79 Å². The van der Waals surface area contributed by atoms with E-state index < -0.39 is 6.03 Å². The molecule has 0 aromatic carbocycles. The Balaban J connectivity index is 0. The second-order valence-electron chi connectivity index (χ2n) is 2.47. The molecular weight excluding hydrogens is 168 g/mol. The third kappa shape index (κ3) is 10.4. The molecule has 0 saturated heterocycles. The number of hydrogen-bond donors (Lipinski definition) is 2. The summed E-state index contributed by atoms with van der Waals surface area (Å²) < 4.78 is 0. The van der Waals surface area contributed by atoms with Crippen molar-refractivity contribution in [1.29, 1.82) is 0 Å². The van der Waals surface area contributed by atoms with E-state index in [1.165, 1.54) is 0 Å². The van der Waals surface area contributed by atoms with E-state index in [1.807, 2.05) is 6.92 Å². The second kappa shape index (κ2) is 7.09. The molecule has 0 aliphatic heterocycles. The molecule has 0 radical (unpaired) electrons. The summed E-state index contributed by atoms with van der Waals surface area (Å²) in [6.07, 6.45) is 0.714. The van der Waals surface area contributed by atoms with Gasteiger partial charge in [-0.15, -0.1) is 0 Å². The van der Waals surface area contributed by atoms with Crippen molar-refractivity contribution in [1.82, 2.24) is 0 Å². The van der Waals surface area contributed by atoms with Gasteiger partial charge in [0.2, 0.25) is 0 Å². The smallest absolute Gasteiger partial charge is 0.309 e. The number of rotatable bonds is 3. The van der Waals surface area contributed by atoms with Crippen LogP contribution in [0.1, 0.15) is 20.3 Å². The third-order valence-corrected chi connectivity index (χ3v) is 1.14. The van der Waals surface area contributed by atoms with Crippen molar-refractivity contribution in [3.63, 3.8) is 0 Å². The van der Waals surface area contributed by atoms with E-state index in [-0.39, 0.29) is 5.78 Å². The third-order valence-electron chi connectivity index (χ3n) is 1.14. The molecule has 0 saturated carbocycles. The highest BCUT2D eigenvalue weighted by molar-refractivity contribution is 6.06. The van der Waals surface area contributed by atoms with Crippen LogP contribution in [0.5, 0.6) is 0 Å². The Bertz CT molecular complexity index is 228. The van der Waals surface area contributed by atoms with Crippen LogP contribution in [0.4, 0.5) is 4.79 Å². The molecule has 74 valence electrons. The molecule has 0 aromatic heterocycles. The van der Waals surface area contributed by atoms with E-state index in [2.05, 4.69) is 24.6 Å². The standard InChI is InChI=1S/C8H12O.CH4N2O/c1-5-7(4)8(9)6(2)3;2-1(3)4/h2,4-5H2,1,3H3;(H4,2,3,4). The summed E-state index contributed by atoms with van der Waals surface area (Å²) in [7, 11) is 0. The number of allylic oxidation sites excluding steroid dienone is 2. The predicted molar refractivity (Wildman–Crippen MR) is 53.0 cm³/mol. The molecule has 0 unspecified atom stereocenters. The van der Waals surface area contributed by atoms with Gasteiger partial charge in [0, 0.05) is 0 Å². The zero-order chi connectivity index (χ0) is 11.0. The first-order chi connectivity index (χ1) is 5.82. The van der Waals surface area contributed by atoms with Gasteiger partial charge in [-0.3, -0.25) is 4.79 Å². The van der Waals surface area contributed by atoms with Gasteiger partial charge in [0.05, 0.1) is 0 Å². The Kier molecular flexibility index (Phi) is 7.62. The maximum Gasteiger partial charge on any atom is 0.309 e. The molecule has 4 heteroatoms. The lowest BCUT2D eigenvalue weighted by atomic mass is 10.1. The molecule has 0 bridgehead atoms. The summed E-state index contributed by atoms with van der Waals surface area (Å²) in [6, 6.07) is -0.833. The van der Waals surface area contributed by atoms with Gasteiger partial charge in [-0.1, -0.05) is 20.1 Å². The second-order valence-corrected chi connectivity index (χ2v) is 2.47. The molecule has 0 rings (SSSR count). The van der Waals surface area contributed by atoms with Gasteiger partial charge in [-0.05, 0) is 24.5 Å². The summed E-state index contributed by atoms with van der Waals surface area (Å²) in [5.41, 5.74) is 9.71. The van der Waals surface area contributed by atoms with Crippen LogP contribution >= 0.6 is 0 Å². The molecule has 0 atom stereocenters. The molecule has 0 aliphatic rings. The Morgan fingerprint density at radius 2 is 1.54 bits per heavy atom. The predicted octanol–water partition coefficient (Wildman–Crippen LogP) is 1.12. The van der Waals surface area contributed by atoms with Crippen LogP contribution in [0.3, 0.4) is 0 Å². The number of amides is 2. The summed E-state index contributed by atoms with van der Waals surface area (Å²) in [5.74, 6) is -0.00231. The maximum atomic E-state index is 10.9. The Labute approximate surface area is 78.3 Å². The highest BCUT2D eigenvalue weighted by Gasteiger charge is 2.03. The van der Waals surface area contributed by atoms with Crippen LogP contribution in [0.2, 0.25) is 0 Å². The molecule has 0 fully saturated rings. The minimum absolute atomic E-state index is 0.00231. The van der Waals surface area contributed by atoms with E-state index in [0.717, 1.165) is 0 Å². The van der Waals surface area contributed by atoms with E-state index in [0.29, 0.717) is 17.6 Å². The SMILES string of the molecule is C=C(C)C(=O)C(=C)CC.NC(N)=O. The fourth-order valence-corrected chi connectivity index (χ4v) is 0.462. The van der Waals surface area contributed by atoms with Crippen LogP contribution in [0, 0.1) is 0 Å². The van der Waals surface area contributed by atoms with E-state index >= 15 is 0 Å². The first-order valence-corrected chi connectivity index (χ1v) is 3.75. The van der Waals surface area contributed by atoms with Gasteiger partial charge < -0.3 is 11.5 Å². The lowest BCUT2D eigenvalue weighted by Gasteiger charge is -1.97. The van der Waals surface area contributed by atoms with Crippen molar-refractivity contribution < 1.29 is 9.59 Å². The van der Waals surface area contributed by atoms with Gasteiger partial charge in [0.1, 0.15) is 0 Å². The Hall–Kier alpha value is -1.58. The molecule has 4 N–H and O–H groups in total. The summed E-state index contributed by atoms with van der Waals surface area (Å²) >= 11 is 0. The highest BCUT2D eigenvalue weighted by Crippen LogP contribution is 2.03. The molecular formula is C9H16N2O2. The number of carbonyl (C=O) groups is 2. The summed E-state index contributed by atoms with van der Waals surface area (Å²) in [6.45, 7) is 10.7. The van der Waals surface area contributed by atoms with Gasteiger partial charge in [-0.25, -0.2) is 4.79 Å². The van der Waals surface area contributed by atoms with Crippen LogP contribution < -0.4 is 11.5 Å². The van der Waals surface area contributed by atoms with Crippen molar-refractivity contribution in [3.8, 4) is 0 Å². The number of carbonyl (C=O) groups excluding carboxylic acids is 2. The average molecular weight is 184 g/mol. The first-order valence-electron chi connectivity index (χ1n) is 3.75. The van der Waals surface area contributed by atoms with Gasteiger partial charge in [0.25, 0.3) is 0 Å². The number of ketones is 1. The van der Waals surface area contributed by atoms with Crippen molar-refractivity contribution >= 4 is 11.8 Å². The quantitative estimate of drug-likeness (QED) is 0.644. The molecule has 2 amide bonds. The minimum Gasteiger partial charge on any atom is -0.352 e. The topological polar surface area (TPSA) is 86.2 Å². The van der Waals surface area contributed by atoms with Crippen LogP contribution in [0.15, 0.2) is 24.3 Å². The number of hydrogen-bond acceptors (Lipinski definition) is 2. The zero-order valence-corrected chi connectivity index (χ0v) is 8.09. The maximum absolute atomic E-state index is 10.9. The summed E-state index contributed by atoms with van der Waals surface area (Å²) in [5, 5.41) is 0. The highest BCUT2D eigenvalue weighted by atomic mass is 16.2. The van der Waals surface area contributed by atoms with Gasteiger partial charge >= 0.3 is 6.03 Å². The molecule has 0 heterocycles. The number of Topliss-reactive ketones (excluding diaryl/α,β-unsaturated/α-hetero) is 1. The fourth-order valence-electron chi connectivity index (χ4n) is 0.462. The number of nitrogens with two attached hydrogens (primary N) is 2. The largest absolute Gasteiger partial charge is 0.352 e. The van der Waals surface area contributed by atoms with Crippen molar-refractivity contribution in [2.75, 3.05) is 0 Å². The number of primary amides is 2. The van der Waals surface area contributed by atoms with Crippen molar-refractivity contribution in [3.05, 3.63) is 24.3 Å². The fraction of sp³-hybridized carbons (Fsp3) is 0.333. The van der Waals surface area contributed by atoms with Crippen molar-refractivity contribution in [2.45, 2.75) is 20.3 Å². The Morgan fingerprint density at radius 1 is 1.23 bits per heavy atom. The average Bonchev–Trinajstić information content (AvgIpc) is 2.00. The van der Waals surface area contributed by atoms with Crippen LogP contribution in [0.25, 0.3) is 0 Å². The van der Waals surface area contributed by atoms with E-state index in [9.17, 15) is 4.79 Å². The molecule has 0 aliphatic carbocycles. The molecule has 0 aromatic rings. The molecule has 0 spiro atoms. The lowest BCUT2D eigenvalue weighted by molar-refractivity contribution is -0.112. The monoisotopic (exact) mass is 184 g/mol.